The van der Waals surface area contributed by atoms with Gasteiger partial charge in [0.15, 0.2) is 11.6 Å². The van der Waals surface area contributed by atoms with Crippen molar-refractivity contribution in [3.8, 4) is 0 Å². The van der Waals surface area contributed by atoms with Gasteiger partial charge in [-0.1, -0.05) is 70.8 Å². The molecule has 276 valence electrons. The van der Waals surface area contributed by atoms with E-state index in [1.54, 1.807) is 0 Å². The van der Waals surface area contributed by atoms with Crippen LogP contribution < -0.4 is 19.6 Å². The summed E-state index contributed by atoms with van der Waals surface area (Å²) in [5.74, 6) is -2.84. The van der Waals surface area contributed by atoms with Gasteiger partial charge in [0.1, 0.15) is 0 Å². The second-order valence-corrected chi connectivity index (χ2v) is 15.1. The lowest BCUT2D eigenvalue weighted by Crippen LogP contribution is -2.37. The molecule has 0 bridgehead atoms. The summed E-state index contributed by atoms with van der Waals surface area (Å²) in [6.45, 7) is 23.2. The van der Waals surface area contributed by atoms with E-state index < -0.39 is 23.6 Å². The molecule has 2 fully saturated rings. The van der Waals surface area contributed by atoms with Gasteiger partial charge in [-0.15, -0.1) is 23.2 Å². The smallest absolute Gasteiger partial charge is 0.263 e. The molecule has 8 nitrogen and oxygen atoms in total. The minimum absolute atomic E-state index is 0.128. The maximum atomic E-state index is 14.6. The highest BCUT2D eigenvalue weighted by Gasteiger charge is 2.54. The first kappa shape index (κ1) is 39.3. The molecular weight excluding hydrogens is 707 g/mol. The van der Waals surface area contributed by atoms with Crippen LogP contribution in [0.2, 0.25) is 0 Å². The van der Waals surface area contributed by atoms with Gasteiger partial charge in [0.25, 0.3) is 0 Å². The Balaban J connectivity index is 0.00000175. The summed E-state index contributed by atoms with van der Waals surface area (Å²) in [6.07, 6.45) is 0. The Morgan fingerprint density at radius 1 is 0.340 bits per heavy atom. The third-order valence-corrected chi connectivity index (χ3v) is 9.66. The van der Waals surface area contributed by atoms with E-state index in [0.29, 0.717) is 22.7 Å². The molecule has 0 N–H and O–H groups in total. The van der Waals surface area contributed by atoms with E-state index in [9.17, 15) is 19.2 Å². The fourth-order valence-electron chi connectivity index (χ4n) is 8.30. The fraction of sp³-hybridized carbons (Fsp3) is 0.302. The van der Waals surface area contributed by atoms with Gasteiger partial charge in [-0.2, -0.15) is 0 Å². The van der Waals surface area contributed by atoms with Crippen molar-refractivity contribution in [1.29, 1.82) is 0 Å². The first-order valence-electron chi connectivity index (χ1n) is 17.4. The van der Waals surface area contributed by atoms with Crippen molar-refractivity contribution >= 4 is 69.6 Å². The van der Waals surface area contributed by atoms with Crippen LogP contribution in [0.4, 0.5) is 22.7 Å². The summed E-state index contributed by atoms with van der Waals surface area (Å²) in [5.41, 5.74) is 12.4. The number of benzene rings is 4. The number of carbonyl (C=O) groups is 4. The van der Waals surface area contributed by atoms with Crippen molar-refractivity contribution in [3.63, 3.8) is 0 Å². The molecule has 2 heterocycles. The van der Waals surface area contributed by atoms with E-state index in [4.69, 9.17) is 23.2 Å². The number of rotatable bonds is 4. The number of hydrogen-bond acceptors (Lipinski definition) is 4. The topological polar surface area (TPSA) is 81.2 Å². The van der Waals surface area contributed by atoms with E-state index in [0.717, 1.165) is 66.8 Å². The second kappa shape index (κ2) is 14.8. The normalized spacial score (nSPS) is 14.6. The number of halogens is 2. The second-order valence-electron chi connectivity index (χ2n) is 14.3. The molecule has 0 radical (unpaired) electrons. The minimum atomic E-state index is -0.775. The molecule has 4 amide bonds. The maximum absolute atomic E-state index is 14.6. The Bertz CT molecular complexity index is 1870. The number of nitrogens with zero attached hydrogens (tertiary/aromatic N) is 4. The van der Waals surface area contributed by atoms with Gasteiger partial charge in [-0.3, -0.25) is 38.8 Å². The summed E-state index contributed by atoms with van der Waals surface area (Å²) in [4.78, 5) is 64.2. The average molecular weight is 754 g/mol. The van der Waals surface area contributed by atoms with Crippen molar-refractivity contribution in [2.45, 2.75) is 83.1 Å². The predicted molar refractivity (Wildman–Crippen MR) is 216 cm³/mol. The summed E-state index contributed by atoms with van der Waals surface area (Å²) < 4.78 is 0. The molecular formula is C43H46Cl2N4O4. The summed E-state index contributed by atoms with van der Waals surface area (Å²) >= 11 is 9.53. The lowest BCUT2D eigenvalue weighted by Gasteiger charge is -2.33. The van der Waals surface area contributed by atoms with Gasteiger partial charge < -0.3 is 0 Å². The van der Waals surface area contributed by atoms with E-state index in [1.165, 1.54) is 19.6 Å². The van der Waals surface area contributed by atoms with Gasteiger partial charge in [-0.05, 0) is 128 Å². The van der Waals surface area contributed by atoms with Gasteiger partial charge in [0.2, 0.25) is 0 Å². The summed E-state index contributed by atoms with van der Waals surface area (Å²) in [7, 11) is 0. The number of hydrogen-bond donors (Lipinski definition) is 0. The number of anilines is 4. The van der Waals surface area contributed by atoms with Gasteiger partial charge in [0.05, 0.1) is 28.1 Å². The molecule has 0 spiro atoms. The van der Waals surface area contributed by atoms with Gasteiger partial charge in [-0.25, -0.2) is 0 Å². The van der Waals surface area contributed by atoms with Crippen LogP contribution in [-0.2, 0) is 19.2 Å². The Labute approximate surface area is 322 Å². The van der Waals surface area contributed by atoms with E-state index in [1.807, 2.05) is 132 Å². The zero-order chi connectivity index (χ0) is 39.4. The molecule has 0 unspecified atom stereocenters. The SMILES string of the molecule is Cc1cc(C)c(N2C(=O)C(=O)N(c3c(C)cc(C)cc3C)C2=C2N(c3c(C)cc(C)cc3C)C(=O)C(=O)N2c2c(C)cc(C)cc2C)c(C)c1.ClCCl. The summed E-state index contributed by atoms with van der Waals surface area (Å²) in [5, 5.41) is 0.194. The highest BCUT2D eigenvalue weighted by Crippen LogP contribution is 2.47. The van der Waals surface area contributed by atoms with Crippen LogP contribution in [0, 0.1) is 83.1 Å². The van der Waals surface area contributed by atoms with Crippen molar-refractivity contribution < 1.29 is 19.2 Å². The number of amides is 4. The lowest BCUT2D eigenvalue weighted by atomic mass is 10.0. The largest absolute Gasteiger partial charge is 0.323 e. The van der Waals surface area contributed by atoms with Gasteiger partial charge >= 0.3 is 23.6 Å². The van der Waals surface area contributed by atoms with Crippen LogP contribution in [0.25, 0.3) is 0 Å². The molecule has 6 rings (SSSR count). The van der Waals surface area contributed by atoms with Crippen LogP contribution in [0.15, 0.2) is 60.2 Å². The monoisotopic (exact) mass is 752 g/mol. The van der Waals surface area contributed by atoms with Crippen LogP contribution in [-0.4, -0.2) is 29.0 Å². The molecule has 4 aromatic rings. The van der Waals surface area contributed by atoms with Crippen molar-refractivity contribution in [2.75, 3.05) is 24.9 Å². The highest BCUT2D eigenvalue weighted by molar-refractivity contribution is 6.53. The molecule has 0 atom stereocenters. The minimum Gasteiger partial charge on any atom is -0.263 e. The quantitative estimate of drug-likeness (QED) is 0.154. The zero-order valence-corrected chi connectivity index (χ0v) is 34.0. The molecule has 2 saturated heterocycles. The van der Waals surface area contributed by atoms with E-state index in [2.05, 4.69) is 0 Å². The molecule has 2 aliphatic heterocycles. The summed E-state index contributed by atoms with van der Waals surface area (Å²) in [6, 6.07) is 15.7. The van der Waals surface area contributed by atoms with Crippen molar-refractivity contribution in [3.05, 3.63) is 127 Å². The molecule has 2 aliphatic rings. The Kier molecular flexibility index (Phi) is 11.0. The molecule has 10 heteroatoms. The zero-order valence-electron chi connectivity index (χ0n) is 32.5. The van der Waals surface area contributed by atoms with Crippen molar-refractivity contribution in [1.82, 2.24) is 0 Å². The predicted octanol–water partition coefficient (Wildman–Crippen LogP) is 9.40. The third-order valence-electron chi connectivity index (χ3n) is 9.66. The van der Waals surface area contributed by atoms with Crippen LogP contribution in [0.3, 0.4) is 0 Å². The lowest BCUT2D eigenvalue weighted by molar-refractivity contribution is -0.133. The number of alkyl halides is 2. The van der Waals surface area contributed by atoms with E-state index in [-0.39, 0.29) is 17.0 Å². The molecule has 0 aromatic heterocycles. The fourth-order valence-corrected chi connectivity index (χ4v) is 8.30. The van der Waals surface area contributed by atoms with Crippen molar-refractivity contribution in [2.24, 2.45) is 0 Å². The third kappa shape index (κ3) is 6.75. The van der Waals surface area contributed by atoms with Crippen LogP contribution in [0.5, 0.6) is 0 Å². The van der Waals surface area contributed by atoms with E-state index >= 15 is 0 Å². The van der Waals surface area contributed by atoms with Crippen LogP contribution >= 0.6 is 23.2 Å². The number of carbonyl (C=O) groups excluding carboxylic acids is 4. The highest BCUT2D eigenvalue weighted by atomic mass is 35.5. The standard InChI is InChI=1S/C42H44N4O4.CH2Cl2/c1-21-13-25(5)33(26(6)14-21)43-37(44(40(48)39(43)47)34-27(7)15-22(2)16-28(34)8)38-45(35-29(9)17-23(3)18-30(35)10)41(49)42(50)46(38)36-31(11)19-24(4)20-32(36)12;2-1-3/h13-20H,1-12H3;1H2. The average Bonchev–Trinajstić information content (AvgIpc) is 3.40. The first-order chi connectivity index (χ1) is 24.9. The molecule has 4 aromatic carbocycles. The molecule has 0 aliphatic carbocycles. The molecule has 53 heavy (non-hydrogen) atoms. The first-order valence-corrected chi connectivity index (χ1v) is 18.5. The Hall–Kier alpha value is -4.92. The Morgan fingerprint density at radius 2 is 0.472 bits per heavy atom. The maximum Gasteiger partial charge on any atom is 0.323 e. The molecule has 0 saturated carbocycles. The van der Waals surface area contributed by atoms with Crippen LogP contribution in [0.1, 0.15) is 66.8 Å². The van der Waals surface area contributed by atoms with Gasteiger partial charge in [0, 0.05) is 0 Å². The Morgan fingerprint density at radius 3 is 0.604 bits per heavy atom. The number of aryl methyl sites for hydroxylation is 12.